The molecule has 2 aliphatic rings. The molecule has 0 spiro atoms. The molecule has 29 heavy (non-hydrogen) atoms. The van der Waals surface area contributed by atoms with Gasteiger partial charge < -0.3 is 14.5 Å². The van der Waals surface area contributed by atoms with Crippen molar-refractivity contribution in [2.45, 2.75) is 26.0 Å². The Labute approximate surface area is 172 Å². The zero-order valence-corrected chi connectivity index (χ0v) is 17.3. The van der Waals surface area contributed by atoms with Gasteiger partial charge in [-0.15, -0.1) is 0 Å². The number of hydrogen-bond acceptors (Lipinski definition) is 8. The molecule has 2 fully saturated rings. The maximum atomic E-state index is 12.7. The molecule has 1 aliphatic carbocycles. The number of rotatable bonds is 6. The molecule has 0 amide bonds. The van der Waals surface area contributed by atoms with Crippen molar-refractivity contribution in [3.63, 3.8) is 0 Å². The monoisotopic (exact) mass is 412 g/mol. The molecule has 0 atom stereocenters. The zero-order valence-electron chi connectivity index (χ0n) is 16.5. The van der Waals surface area contributed by atoms with Crippen LogP contribution in [0.4, 0.5) is 10.8 Å². The topological polar surface area (TPSA) is 76.4 Å². The number of nitrogens with zero attached hydrogens (tertiary/aromatic N) is 6. The Kier molecular flexibility index (Phi) is 4.92. The summed E-state index contributed by atoms with van der Waals surface area (Å²) in [5.74, 6) is 1.39. The van der Waals surface area contributed by atoms with Crippen LogP contribution in [0.2, 0.25) is 0 Å². The van der Waals surface area contributed by atoms with Crippen LogP contribution in [-0.2, 0) is 17.9 Å². The molecule has 1 saturated carbocycles. The standard InChI is InChI=1S/C20H24N6O2S/c1-28-12-18-22-20(29-23-18)25-8-6-24(7-9-25)15-4-5-16-17(10-15)21-13-26(19(16)27)11-14-2-3-14/h4-5,10,13-14H,2-3,6-9,11-12H2,1H3. The highest BCUT2D eigenvalue weighted by atomic mass is 32.1. The summed E-state index contributed by atoms with van der Waals surface area (Å²) < 4.78 is 11.2. The molecule has 0 N–H and O–H groups in total. The Hall–Kier alpha value is -2.52. The number of piperazine rings is 1. The highest BCUT2D eigenvalue weighted by Crippen LogP contribution is 2.30. The van der Waals surface area contributed by atoms with Crippen molar-refractivity contribution >= 4 is 33.3 Å². The minimum absolute atomic E-state index is 0.0707. The highest BCUT2D eigenvalue weighted by Gasteiger charge is 2.23. The number of ether oxygens (including phenoxy) is 1. The third kappa shape index (κ3) is 3.84. The average Bonchev–Trinajstić information content (AvgIpc) is 3.45. The number of fused-ring (bicyclic) bond motifs is 1. The third-order valence-corrected chi connectivity index (χ3v) is 6.42. The summed E-state index contributed by atoms with van der Waals surface area (Å²) in [6, 6.07) is 6.01. The molecule has 152 valence electrons. The molecule has 1 aromatic carbocycles. The zero-order chi connectivity index (χ0) is 19.8. The van der Waals surface area contributed by atoms with Crippen molar-refractivity contribution in [2.75, 3.05) is 43.1 Å². The Morgan fingerprint density at radius 2 is 1.97 bits per heavy atom. The predicted octanol–water partition coefficient (Wildman–Crippen LogP) is 2.13. The first-order valence-corrected chi connectivity index (χ1v) is 10.8. The maximum absolute atomic E-state index is 12.7. The Morgan fingerprint density at radius 1 is 1.17 bits per heavy atom. The lowest BCUT2D eigenvalue weighted by atomic mass is 10.2. The van der Waals surface area contributed by atoms with Gasteiger partial charge in [-0.2, -0.15) is 4.37 Å². The number of anilines is 2. The van der Waals surface area contributed by atoms with E-state index in [1.807, 2.05) is 18.2 Å². The van der Waals surface area contributed by atoms with Gasteiger partial charge in [-0.25, -0.2) is 9.97 Å². The summed E-state index contributed by atoms with van der Waals surface area (Å²) in [6.07, 6.45) is 4.15. The SMILES string of the molecule is COCc1nsc(N2CCN(c3ccc4c(=O)n(CC5CC5)cnc4c3)CC2)n1. The molecule has 1 saturated heterocycles. The number of benzene rings is 1. The van der Waals surface area contributed by atoms with Crippen molar-refractivity contribution in [3.05, 3.63) is 40.7 Å². The van der Waals surface area contributed by atoms with E-state index in [9.17, 15) is 4.79 Å². The Bertz CT molecular complexity index is 1070. The van der Waals surface area contributed by atoms with Crippen molar-refractivity contribution in [2.24, 2.45) is 5.92 Å². The van der Waals surface area contributed by atoms with Gasteiger partial charge in [0.25, 0.3) is 5.56 Å². The van der Waals surface area contributed by atoms with E-state index in [4.69, 9.17) is 4.74 Å². The van der Waals surface area contributed by atoms with E-state index in [2.05, 4.69) is 24.1 Å². The largest absolute Gasteiger partial charge is 0.377 e. The summed E-state index contributed by atoms with van der Waals surface area (Å²) in [5.41, 5.74) is 1.96. The number of hydrogen-bond donors (Lipinski definition) is 0. The van der Waals surface area contributed by atoms with Crippen molar-refractivity contribution in [1.29, 1.82) is 0 Å². The average molecular weight is 413 g/mol. The summed E-state index contributed by atoms with van der Waals surface area (Å²) in [4.78, 5) is 26.4. The van der Waals surface area contributed by atoms with Crippen LogP contribution < -0.4 is 15.4 Å². The van der Waals surface area contributed by atoms with E-state index in [1.54, 1.807) is 18.0 Å². The van der Waals surface area contributed by atoms with E-state index >= 15 is 0 Å². The first-order chi connectivity index (χ1) is 14.2. The molecule has 0 unspecified atom stereocenters. The molecule has 0 bridgehead atoms. The second kappa shape index (κ2) is 7.72. The van der Waals surface area contributed by atoms with E-state index in [0.717, 1.165) is 54.9 Å². The van der Waals surface area contributed by atoms with Crippen LogP contribution in [0.1, 0.15) is 18.7 Å². The molecular formula is C20H24N6O2S. The minimum atomic E-state index is 0.0707. The fourth-order valence-electron chi connectivity index (χ4n) is 3.77. The second-order valence-electron chi connectivity index (χ2n) is 7.75. The number of aromatic nitrogens is 4. The van der Waals surface area contributed by atoms with Gasteiger partial charge in [-0.1, -0.05) is 0 Å². The van der Waals surface area contributed by atoms with Crippen molar-refractivity contribution in [1.82, 2.24) is 18.9 Å². The highest BCUT2D eigenvalue weighted by molar-refractivity contribution is 7.09. The minimum Gasteiger partial charge on any atom is -0.377 e. The van der Waals surface area contributed by atoms with Crippen LogP contribution in [0.15, 0.2) is 29.3 Å². The third-order valence-electron chi connectivity index (χ3n) is 5.61. The van der Waals surface area contributed by atoms with Gasteiger partial charge >= 0.3 is 0 Å². The summed E-state index contributed by atoms with van der Waals surface area (Å²) >= 11 is 1.43. The van der Waals surface area contributed by atoms with Gasteiger partial charge in [-0.3, -0.25) is 9.36 Å². The van der Waals surface area contributed by atoms with Crippen LogP contribution in [0.25, 0.3) is 10.9 Å². The van der Waals surface area contributed by atoms with Gasteiger partial charge in [0.05, 0.1) is 17.2 Å². The van der Waals surface area contributed by atoms with E-state index in [1.165, 1.54) is 24.4 Å². The van der Waals surface area contributed by atoms with Crippen LogP contribution in [0.5, 0.6) is 0 Å². The van der Waals surface area contributed by atoms with Crippen LogP contribution in [0.3, 0.4) is 0 Å². The molecule has 2 aromatic heterocycles. The van der Waals surface area contributed by atoms with Crippen LogP contribution in [0, 0.1) is 5.92 Å². The van der Waals surface area contributed by atoms with Crippen molar-refractivity contribution in [3.8, 4) is 0 Å². The lowest BCUT2D eigenvalue weighted by Crippen LogP contribution is -2.46. The quantitative estimate of drug-likeness (QED) is 0.614. The lowest BCUT2D eigenvalue weighted by Gasteiger charge is -2.35. The van der Waals surface area contributed by atoms with E-state index < -0.39 is 0 Å². The fraction of sp³-hybridized carbons (Fsp3) is 0.500. The lowest BCUT2D eigenvalue weighted by molar-refractivity contribution is 0.179. The van der Waals surface area contributed by atoms with E-state index in [-0.39, 0.29) is 5.56 Å². The molecule has 8 nitrogen and oxygen atoms in total. The number of methoxy groups -OCH3 is 1. The molecule has 9 heteroatoms. The van der Waals surface area contributed by atoms with Gasteiger partial charge in [0.15, 0.2) is 5.82 Å². The molecule has 5 rings (SSSR count). The summed E-state index contributed by atoms with van der Waals surface area (Å²) in [7, 11) is 1.65. The van der Waals surface area contributed by atoms with Gasteiger partial charge in [0.2, 0.25) is 5.13 Å². The second-order valence-corrected chi connectivity index (χ2v) is 8.48. The molecule has 3 heterocycles. The van der Waals surface area contributed by atoms with Gasteiger partial charge in [-0.05, 0) is 37.0 Å². The maximum Gasteiger partial charge on any atom is 0.261 e. The molecular weight excluding hydrogens is 388 g/mol. The van der Waals surface area contributed by atoms with Gasteiger partial charge in [0.1, 0.15) is 6.61 Å². The predicted molar refractivity (Wildman–Crippen MR) is 114 cm³/mol. The smallest absolute Gasteiger partial charge is 0.261 e. The summed E-state index contributed by atoms with van der Waals surface area (Å²) in [5, 5.41) is 1.66. The Morgan fingerprint density at radius 3 is 2.72 bits per heavy atom. The normalized spacial score (nSPS) is 17.3. The van der Waals surface area contributed by atoms with Crippen LogP contribution in [-0.4, -0.2) is 52.2 Å². The molecule has 1 aliphatic heterocycles. The van der Waals surface area contributed by atoms with Crippen LogP contribution >= 0.6 is 11.5 Å². The fourth-order valence-corrected chi connectivity index (χ4v) is 4.49. The molecule has 3 aromatic rings. The summed E-state index contributed by atoms with van der Waals surface area (Å²) in [6.45, 7) is 4.80. The molecule has 0 radical (unpaired) electrons. The van der Waals surface area contributed by atoms with Crippen molar-refractivity contribution < 1.29 is 4.74 Å². The Balaban J connectivity index is 1.29. The first kappa shape index (κ1) is 18.5. The van der Waals surface area contributed by atoms with Gasteiger partial charge in [0, 0.05) is 57.1 Å². The van der Waals surface area contributed by atoms with E-state index in [0.29, 0.717) is 17.9 Å². The first-order valence-electron chi connectivity index (χ1n) is 10.0.